The highest BCUT2D eigenvalue weighted by Gasteiger charge is 2.30. The minimum atomic E-state index is -4.06. The van der Waals surface area contributed by atoms with E-state index in [1.165, 1.54) is 31.2 Å². The average Bonchev–Trinajstić information content (AvgIpc) is 3.19. The number of hydrogen-bond donors (Lipinski definition) is 1. The molecule has 30 heavy (non-hydrogen) atoms. The predicted octanol–water partition coefficient (Wildman–Crippen LogP) is 4.04. The zero-order chi connectivity index (χ0) is 21.9. The van der Waals surface area contributed by atoms with Crippen LogP contribution in [0.4, 0.5) is 5.00 Å². The maximum Gasteiger partial charge on any atom is 0.226 e. The zero-order valence-corrected chi connectivity index (χ0v) is 19.3. The summed E-state index contributed by atoms with van der Waals surface area (Å²) in [5, 5.41) is 3.24. The SMILES string of the molecule is CCS(=O)(=O)c1nc(S(=O)(=O)c2ccc(Cl)cc2)c(NCc2ccc(OC)cc2)s1. The Hall–Kier alpha value is -2.14. The van der Waals surface area contributed by atoms with E-state index in [0.29, 0.717) is 10.8 Å². The van der Waals surface area contributed by atoms with Gasteiger partial charge in [-0.25, -0.2) is 21.8 Å². The number of ether oxygens (including phenoxy) is 1. The van der Waals surface area contributed by atoms with Gasteiger partial charge < -0.3 is 10.1 Å². The molecular formula is C19H19ClN2O5S3. The van der Waals surface area contributed by atoms with E-state index in [1.807, 2.05) is 12.1 Å². The molecule has 0 saturated heterocycles. The molecule has 0 atom stereocenters. The molecule has 1 N–H and O–H groups in total. The van der Waals surface area contributed by atoms with Gasteiger partial charge in [-0.2, -0.15) is 0 Å². The summed E-state index contributed by atoms with van der Waals surface area (Å²) >= 11 is 6.65. The summed E-state index contributed by atoms with van der Waals surface area (Å²) in [5.74, 6) is 0.512. The lowest BCUT2D eigenvalue weighted by atomic mass is 10.2. The topological polar surface area (TPSA) is 102 Å². The van der Waals surface area contributed by atoms with Crippen molar-refractivity contribution in [1.82, 2.24) is 4.98 Å². The summed E-state index contributed by atoms with van der Waals surface area (Å²) in [6.07, 6.45) is 0. The Kier molecular flexibility index (Phi) is 6.71. The van der Waals surface area contributed by atoms with Gasteiger partial charge in [0.1, 0.15) is 10.8 Å². The molecular weight excluding hydrogens is 468 g/mol. The third-order valence-corrected chi connectivity index (χ3v) is 9.49. The normalized spacial score (nSPS) is 12.0. The van der Waals surface area contributed by atoms with E-state index < -0.39 is 19.7 Å². The summed E-state index contributed by atoms with van der Waals surface area (Å²) < 4.78 is 55.8. The van der Waals surface area contributed by atoms with Crippen molar-refractivity contribution in [2.45, 2.75) is 27.7 Å². The molecule has 0 fully saturated rings. The summed E-state index contributed by atoms with van der Waals surface area (Å²) in [7, 11) is -6.17. The smallest absolute Gasteiger partial charge is 0.226 e. The van der Waals surface area contributed by atoms with Crippen molar-refractivity contribution in [3.05, 3.63) is 59.1 Å². The van der Waals surface area contributed by atoms with E-state index in [4.69, 9.17) is 16.3 Å². The molecule has 0 unspecified atom stereocenters. The molecule has 0 aliphatic rings. The summed E-state index contributed by atoms with van der Waals surface area (Å²) in [6.45, 7) is 1.76. The lowest BCUT2D eigenvalue weighted by Crippen LogP contribution is -2.08. The molecule has 1 heterocycles. The Morgan fingerprint density at radius 2 is 1.67 bits per heavy atom. The summed E-state index contributed by atoms with van der Waals surface area (Å²) in [5.41, 5.74) is 0.860. The van der Waals surface area contributed by atoms with Gasteiger partial charge in [-0.1, -0.05) is 42.0 Å². The van der Waals surface area contributed by atoms with E-state index in [-0.39, 0.29) is 31.6 Å². The number of rotatable bonds is 8. The van der Waals surface area contributed by atoms with Crippen molar-refractivity contribution in [3.8, 4) is 5.75 Å². The minimum Gasteiger partial charge on any atom is -0.497 e. The number of aromatic nitrogens is 1. The number of methoxy groups -OCH3 is 1. The van der Waals surface area contributed by atoms with Crippen LogP contribution in [0.5, 0.6) is 5.75 Å². The van der Waals surface area contributed by atoms with Crippen LogP contribution in [0.3, 0.4) is 0 Å². The Morgan fingerprint density at radius 1 is 1.03 bits per heavy atom. The highest BCUT2D eigenvalue weighted by atomic mass is 35.5. The van der Waals surface area contributed by atoms with Crippen LogP contribution in [0.2, 0.25) is 5.02 Å². The van der Waals surface area contributed by atoms with Gasteiger partial charge in [-0.15, -0.1) is 0 Å². The van der Waals surface area contributed by atoms with Crippen LogP contribution in [0.25, 0.3) is 0 Å². The van der Waals surface area contributed by atoms with Gasteiger partial charge in [-0.3, -0.25) is 0 Å². The van der Waals surface area contributed by atoms with E-state index in [0.717, 1.165) is 16.9 Å². The second-order valence-corrected chi connectivity index (χ2v) is 11.9. The van der Waals surface area contributed by atoms with Crippen LogP contribution >= 0.6 is 22.9 Å². The van der Waals surface area contributed by atoms with Crippen LogP contribution < -0.4 is 10.1 Å². The van der Waals surface area contributed by atoms with E-state index in [2.05, 4.69) is 10.3 Å². The van der Waals surface area contributed by atoms with E-state index in [9.17, 15) is 16.8 Å². The second kappa shape index (κ2) is 8.93. The molecule has 3 rings (SSSR count). The Bertz CT molecular complexity index is 1240. The van der Waals surface area contributed by atoms with Crippen molar-refractivity contribution in [2.24, 2.45) is 0 Å². The number of thiazole rings is 1. The largest absolute Gasteiger partial charge is 0.497 e. The van der Waals surface area contributed by atoms with E-state index in [1.54, 1.807) is 19.2 Å². The lowest BCUT2D eigenvalue weighted by molar-refractivity contribution is 0.414. The second-order valence-electron chi connectivity index (χ2n) is 6.18. The molecule has 0 saturated carbocycles. The molecule has 7 nitrogen and oxygen atoms in total. The predicted molar refractivity (Wildman–Crippen MR) is 117 cm³/mol. The number of nitrogens with one attached hydrogen (secondary N) is 1. The minimum absolute atomic E-state index is 0.0230. The molecule has 0 bridgehead atoms. The quantitative estimate of drug-likeness (QED) is 0.512. The molecule has 0 spiro atoms. The van der Waals surface area contributed by atoms with E-state index >= 15 is 0 Å². The monoisotopic (exact) mass is 486 g/mol. The van der Waals surface area contributed by atoms with Gasteiger partial charge in [-0.05, 0) is 42.0 Å². The van der Waals surface area contributed by atoms with Crippen molar-refractivity contribution in [3.63, 3.8) is 0 Å². The van der Waals surface area contributed by atoms with Crippen LogP contribution in [-0.4, -0.2) is 34.7 Å². The number of nitrogens with zero attached hydrogens (tertiary/aromatic N) is 1. The van der Waals surface area contributed by atoms with Crippen LogP contribution in [0.15, 0.2) is 62.8 Å². The Labute approximate surface area is 184 Å². The van der Waals surface area contributed by atoms with Crippen LogP contribution in [0.1, 0.15) is 12.5 Å². The van der Waals surface area contributed by atoms with Gasteiger partial charge in [0.2, 0.25) is 24.0 Å². The average molecular weight is 487 g/mol. The number of hydrogen-bond acceptors (Lipinski definition) is 8. The molecule has 160 valence electrons. The van der Waals surface area contributed by atoms with Gasteiger partial charge in [0.05, 0.1) is 17.8 Å². The first-order valence-electron chi connectivity index (χ1n) is 8.78. The fraction of sp³-hybridized carbons (Fsp3) is 0.211. The zero-order valence-electron chi connectivity index (χ0n) is 16.1. The third kappa shape index (κ3) is 4.77. The fourth-order valence-electron chi connectivity index (χ4n) is 2.49. The van der Waals surface area contributed by atoms with Gasteiger partial charge in [0.15, 0.2) is 5.03 Å². The Balaban J connectivity index is 2.01. The maximum atomic E-state index is 13.1. The highest BCUT2D eigenvalue weighted by Crippen LogP contribution is 2.35. The number of anilines is 1. The maximum absolute atomic E-state index is 13.1. The van der Waals surface area contributed by atoms with Crippen LogP contribution in [0, 0.1) is 0 Å². The number of sulfone groups is 2. The highest BCUT2D eigenvalue weighted by molar-refractivity contribution is 7.94. The Morgan fingerprint density at radius 3 is 2.23 bits per heavy atom. The third-order valence-electron chi connectivity index (χ3n) is 4.21. The van der Waals surface area contributed by atoms with Gasteiger partial charge in [0.25, 0.3) is 0 Å². The first kappa shape index (κ1) is 22.5. The molecule has 11 heteroatoms. The molecule has 2 aromatic carbocycles. The van der Waals surface area contributed by atoms with Crippen molar-refractivity contribution < 1.29 is 21.6 Å². The fourth-order valence-corrected chi connectivity index (χ4v) is 6.61. The summed E-state index contributed by atoms with van der Waals surface area (Å²) in [6, 6.07) is 12.8. The number of benzene rings is 2. The van der Waals surface area contributed by atoms with Crippen LogP contribution in [-0.2, 0) is 26.2 Å². The first-order valence-corrected chi connectivity index (χ1v) is 13.1. The molecule has 3 aromatic rings. The van der Waals surface area contributed by atoms with Crippen molar-refractivity contribution >= 4 is 47.6 Å². The van der Waals surface area contributed by atoms with Gasteiger partial charge in [0, 0.05) is 11.6 Å². The summed E-state index contributed by atoms with van der Waals surface area (Å²) in [4.78, 5) is 3.97. The van der Waals surface area contributed by atoms with Crippen molar-refractivity contribution in [1.29, 1.82) is 0 Å². The molecule has 0 aliphatic heterocycles. The molecule has 0 radical (unpaired) electrons. The molecule has 1 aromatic heterocycles. The van der Waals surface area contributed by atoms with Gasteiger partial charge >= 0.3 is 0 Å². The standard InChI is InChI=1S/C19H19ClN2O5S3/c1-3-29(23,24)19-22-18(30(25,26)16-10-6-14(20)7-11-16)17(28-19)21-12-13-4-8-15(27-2)9-5-13/h4-11,21H,3,12H2,1-2H3. The first-order chi connectivity index (χ1) is 14.2. The number of halogens is 1. The van der Waals surface area contributed by atoms with Crippen molar-refractivity contribution in [2.75, 3.05) is 18.2 Å². The lowest BCUT2D eigenvalue weighted by Gasteiger charge is -2.08. The molecule has 0 amide bonds. The molecule has 0 aliphatic carbocycles.